The molecule has 5 heteroatoms. The Hall–Kier alpha value is -2.24. The minimum Gasteiger partial charge on any atom is -0.390 e. The van der Waals surface area contributed by atoms with Crippen molar-refractivity contribution in [1.82, 2.24) is 0 Å². The van der Waals surface area contributed by atoms with Crippen LogP contribution in [0.25, 0.3) is 10.8 Å². The first-order valence-electron chi connectivity index (χ1n) is 6.16. The van der Waals surface area contributed by atoms with E-state index in [-0.39, 0.29) is 12.0 Å². The first kappa shape index (κ1) is 14.2. The molecule has 0 radical (unpaired) electrons. The minimum atomic E-state index is -1.35. The van der Waals surface area contributed by atoms with Crippen LogP contribution in [0.4, 0.5) is 0 Å². The second-order valence-electron chi connectivity index (χ2n) is 4.59. The van der Waals surface area contributed by atoms with Gasteiger partial charge in [-0.1, -0.05) is 36.4 Å². The van der Waals surface area contributed by atoms with Crippen molar-refractivity contribution in [2.24, 2.45) is 5.73 Å². The monoisotopic (exact) mass is 273 g/mol. The van der Waals surface area contributed by atoms with E-state index >= 15 is 0 Å². The van der Waals surface area contributed by atoms with Crippen molar-refractivity contribution in [1.29, 1.82) is 0 Å². The summed E-state index contributed by atoms with van der Waals surface area (Å²) in [5.74, 6) is -0.718. The van der Waals surface area contributed by atoms with Gasteiger partial charge in [0.05, 0.1) is 12.5 Å². The van der Waals surface area contributed by atoms with Gasteiger partial charge in [-0.3, -0.25) is 9.59 Å². The Bertz CT molecular complexity index is 653. The number of carbonyl (C=O) groups is 2. The highest BCUT2D eigenvalue weighted by Gasteiger charge is 2.24. The Morgan fingerprint density at radius 3 is 2.55 bits per heavy atom. The maximum Gasteiger partial charge on any atom is 0.220 e. The summed E-state index contributed by atoms with van der Waals surface area (Å²) in [6, 6.07) is 10.5. The minimum absolute atomic E-state index is 0.278. The zero-order valence-electron chi connectivity index (χ0n) is 10.7. The zero-order chi connectivity index (χ0) is 14.7. The molecule has 0 fully saturated rings. The first-order valence-corrected chi connectivity index (χ1v) is 6.16. The van der Waals surface area contributed by atoms with Crippen molar-refractivity contribution >= 4 is 23.0 Å². The molecule has 0 heterocycles. The second kappa shape index (κ2) is 5.81. The predicted octanol–water partition coefficient (Wildman–Crippen LogP) is 0.922. The van der Waals surface area contributed by atoms with Crippen molar-refractivity contribution in [2.75, 3.05) is 0 Å². The van der Waals surface area contributed by atoms with Crippen LogP contribution in [-0.2, 0) is 4.79 Å². The number of aliphatic hydroxyl groups excluding tert-OH is 2. The SMILES string of the molecule is NC(=O)CC(O)C(O)c1c(C=O)ccc2ccccc12. The third-order valence-corrected chi connectivity index (χ3v) is 3.20. The smallest absolute Gasteiger partial charge is 0.220 e. The number of aldehydes is 1. The Morgan fingerprint density at radius 2 is 1.90 bits per heavy atom. The summed E-state index contributed by atoms with van der Waals surface area (Å²) in [7, 11) is 0. The summed E-state index contributed by atoms with van der Waals surface area (Å²) >= 11 is 0. The van der Waals surface area contributed by atoms with Crippen LogP contribution in [0.3, 0.4) is 0 Å². The molecule has 0 aliphatic rings. The van der Waals surface area contributed by atoms with Crippen LogP contribution >= 0.6 is 0 Å². The van der Waals surface area contributed by atoms with Gasteiger partial charge in [-0.2, -0.15) is 0 Å². The third kappa shape index (κ3) is 2.68. The lowest BCUT2D eigenvalue weighted by atomic mass is 9.92. The quantitative estimate of drug-likeness (QED) is 0.705. The van der Waals surface area contributed by atoms with Crippen LogP contribution in [0.2, 0.25) is 0 Å². The third-order valence-electron chi connectivity index (χ3n) is 3.20. The van der Waals surface area contributed by atoms with Crippen LogP contribution in [0.1, 0.15) is 28.4 Å². The van der Waals surface area contributed by atoms with Gasteiger partial charge >= 0.3 is 0 Å². The fourth-order valence-electron chi connectivity index (χ4n) is 2.26. The second-order valence-corrected chi connectivity index (χ2v) is 4.59. The van der Waals surface area contributed by atoms with Crippen molar-refractivity contribution in [2.45, 2.75) is 18.6 Å². The molecule has 0 saturated heterocycles. The van der Waals surface area contributed by atoms with Gasteiger partial charge < -0.3 is 15.9 Å². The average Bonchev–Trinajstić information content (AvgIpc) is 2.44. The largest absolute Gasteiger partial charge is 0.390 e. The van der Waals surface area contributed by atoms with Gasteiger partial charge in [0.2, 0.25) is 5.91 Å². The number of amides is 1. The van der Waals surface area contributed by atoms with Crippen molar-refractivity contribution in [3.8, 4) is 0 Å². The Kier molecular flexibility index (Phi) is 4.12. The number of nitrogens with two attached hydrogens (primary N) is 1. The lowest BCUT2D eigenvalue weighted by molar-refractivity contribution is -0.121. The molecule has 2 atom stereocenters. The average molecular weight is 273 g/mol. The van der Waals surface area contributed by atoms with Gasteiger partial charge in [-0.25, -0.2) is 0 Å². The number of primary amides is 1. The maximum atomic E-state index is 11.1. The molecular weight excluding hydrogens is 258 g/mol. The summed E-state index contributed by atoms with van der Waals surface area (Å²) in [5.41, 5.74) is 5.60. The molecule has 0 spiro atoms. The number of hydrogen-bond donors (Lipinski definition) is 3. The highest BCUT2D eigenvalue weighted by Crippen LogP contribution is 2.30. The maximum absolute atomic E-state index is 11.1. The van der Waals surface area contributed by atoms with Gasteiger partial charge in [0.25, 0.3) is 0 Å². The van der Waals surface area contributed by atoms with Gasteiger partial charge in [-0.05, 0) is 10.8 Å². The van der Waals surface area contributed by atoms with Gasteiger partial charge in [-0.15, -0.1) is 0 Å². The number of benzene rings is 2. The van der Waals surface area contributed by atoms with E-state index in [1.54, 1.807) is 24.3 Å². The van der Waals surface area contributed by atoms with E-state index in [4.69, 9.17) is 5.73 Å². The molecule has 0 aromatic heterocycles. The standard InChI is InChI=1S/C15H15NO4/c16-13(19)7-12(18)15(20)14-10(8-17)6-5-9-3-1-2-4-11(9)14/h1-6,8,12,15,18,20H,7H2,(H2,16,19). The molecular formula is C15H15NO4. The number of fused-ring (bicyclic) bond motifs is 1. The predicted molar refractivity (Wildman–Crippen MR) is 74.1 cm³/mol. The summed E-state index contributed by atoms with van der Waals surface area (Å²) in [5, 5.41) is 21.6. The van der Waals surface area contributed by atoms with E-state index in [1.165, 1.54) is 0 Å². The molecule has 0 bridgehead atoms. The van der Waals surface area contributed by atoms with E-state index in [9.17, 15) is 19.8 Å². The number of carbonyl (C=O) groups excluding carboxylic acids is 2. The number of hydrogen-bond acceptors (Lipinski definition) is 4. The molecule has 5 nitrogen and oxygen atoms in total. The van der Waals surface area contributed by atoms with E-state index in [1.807, 2.05) is 12.1 Å². The van der Waals surface area contributed by atoms with Crippen LogP contribution in [0.5, 0.6) is 0 Å². The first-order chi connectivity index (χ1) is 9.54. The van der Waals surface area contributed by atoms with Gasteiger partial charge in [0.15, 0.2) is 0 Å². The molecule has 2 aromatic rings. The van der Waals surface area contributed by atoms with E-state index in [2.05, 4.69) is 0 Å². The molecule has 20 heavy (non-hydrogen) atoms. The zero-order valence-corrected chi connectivity index (χ0v) is 10.7. The highest BCUT2D eigenvalue weighted by molar-refractivity contribution is 5.93. The lowest BCUT2D eigenvalue weighted by Crippen LogP contribution is -2.26. The lowest BCUT2D eigenvalue weighted by Gasteiger charge is -2.20. The molecule has 2 aromatic carbocycles. The number of aliphatic hydroxyl groups is 2. The molecule has 0 saturated carbocycles. The summed E-state index contributed by atoms with van der Waals surface area (Å²) in [6.07, 6.45) is -2.46. The van der Waals surface area contributed by atoms with Gasteiger partial charge in [0.1, 0.15) is 12.4 Å². The molecule has 2 unspecified atom stereocenters. The van der Waals surface area contributed by atoms with E-state index in [0.29, 0.717) is 17.2 Å². The van der Waals surface area contributed by atoms with E-state index in [0.717, 1.165) is 5.39 Å². The molecule has 0 aliphatic heterocycles. The normalized spacial score (nSPS) is 13.9. The molecule has 104 valence electrons. The topological polar surface area (TPSA) is 101 Å². The molecule has 2 rings (SSSR count). The van der Waals surface area contributed by atoms with E-state index < -0.39 is 18.1 Å². The Labute approximate surface area is 115 Å². The summed E-state index contributed by atoms with van der Waals surface area (Å²) in [4.78, 5) is 22.0. The highest BCUT2D eigenvalue weighted by atomic mass is 16.3. The van der Waals surface area contributed by atoms with Crippen molar-refractivity contribution < 1.29 is 19.8 Å². The van der Waals surface area contributed by atoms with Crippen molar-refractivity contribution in [3.05, 3.63) is 47.5 Å². The fourth-order valence-corrected chi connectivity index (χ4v) is 2.26. The Morgan fingerprint density at radius 1 is 1.20 bits per heavy atom. The number of rotatable bonds is 5. The molecule has 4 N–H and O–H groups in total. The van der Waals surface area contributed by atoms with Gasteiger partial charge in [0, 0.05) is 11.1 Å². The van der Waals surface area contributed by atoms with Crippen LogP contribution in [0, 0.1) is 0 Å². The molecule has 0 aliphatic carbocycles. The molecule has 1 amide bonds. The summed E-state index contributed by atoms with van der Waals surface area (Å²) < 4.78 is 0. The Balaban J connectivity index is 2.55. The van der Waals surface area contributed by atoms with Crippen LogP contribution in [-0.4, -0.2) is 28.5 Å². The van der Waals surface area contributed by atoms with Crippen LogP contribution < -0.4 is 5.73 Å². The summed E-state index contributed by atoms with van der Waals surface area (Å²) in [6.45, 7) is 0. The fraction of sp³-hybridized carbons (Fsp3) is 0.200. The van der Waals surface area contributed by atoms with Crippen LogP contribution in [0.15, 0.2) is 36.4 Å². The van der Waals surface area contributed by atoms with Crippen molar-refractivity contribution in [3.63, 3.8) is 0 Å².